The Morgan fingerprint density at radius 2 is 1.57 bits per heavy atom. The molecule has 0 unspecified atom stereocenters. The van der Waals surface area contributed by atoms with E-state index < -0.39 is 12.3 Å². The van der Waals surface area contributed by atoms with Gasteiger partial charge in [0.05, 0.1) is 23.9 Å². The number of ether oxygens (including phenoxy) is 2. The molecule has 4 rings (SSSR count). The highest BCUT2D eigenvalue weighted by atomic mass is 16.7. The second-order valence-corrected chi connectivity index (χ2v) is 5.74. The summed E-state index contributed by atoms with van der Waals surface area (Å²) in [5.74, 6) is -0.200. The summed E-state index contributed by atoms with van der Waals surface area (Å²) in [5.41, 5.74) is 5.28. The monoisotopic (exact) mass is 310 g/mol. The fraction of sp³-hybridized carbons (Fsp3) is 0.278. The highest BCUT2D eigenvalue weighted by Gasteiger charge is 2.49. The van der Waals surface area contributed by atoms with Crippen LogP contribution in [0.1, 0.15) is 6.42 Å². The first kappa shape index (κ1) is 14.2. The summed E-state index contributed by atoms with van der Waals surface area (Å²) >= 11 is 0. The molecule has 0 spiro atoms. The van der Waals surface area contributed by atoms with Crippen LogP contribution in [0.3, 0.4) is 0 Å². The molecule has 3 atom stereocenters. The Hall–Kier alpha value is -2.37. The van der Waals surface area contributed by atoms with Crippen LogP contribution in [-0.2, 0) is 14.3 Å². The van der Waals surface area contributed by atoms with Gasteiger partial charge in [0.2, 0.25) is 6.29 Å². The molecule has 2 saturated heterocycles. The predicted octanol–water partition coefficient (Wildman–Crippen LogP) is 2.62. The van der Waals surface area contributed by atoms with E-state index in [1.54, 1.807) is 0 Å². The van der Waals surface area contributed by atoms with Crippen molar-refractivity contribution in [1.29, 1.82) is 0 Å². The van der Waals surface area contributed by atoms with Crippen LogP contribution >= 0.6 is 0 Å². The molecule has 2 aliphatic rings. The van der Waals surface area contributed by atoms with E-state index >= 15 is 0 Å². The number of esters is 1. The van der Waals surface area contributed by atoms with E-state index in [4.69, 9.17) is 9.47 Å². The number of rotatable bonds is 4. The number of hydrogen-bond donors (Lipinski definition) is 1. The van der Waals surface area contributed by atoms with Crippen molar-refractivity contribution >= 4 is 17.3 Å². The van der Waals surface area contributed by atoms with Crippen LogP contribution in [0, 0.1) is 5.92 Å². The molecule has 0 saturated carbocycles. The van der Waals surface area contributed by atoms with Crippen molar-refractivity contribution in [2.24, 2.45) is 5.92 Å². The molecule has 23 heavy (non-hydrogen) atoms. The number of fused-ring (bicyclic) bond motifs is 1. The zero-order chi connectivity index (χ0) is 15.6. The largest absolute Gasteiger partial charge is 0.434 e. The molecule has 2 fully saturated rings. The predicted molar refractivity (Wildman–Crippen MR) is 85.9 cm³/mol. The molecule has 0 bridgehead atoms. The van der Waals surface area contributed by atoms with Crippen molar-refractivity contribution < 1.29 is 14.3 Å². The van der Waals surface area contributed by atoms with E-state index in [0.717, 1.165) is 17.8 Å². The first-order valence-corrected chi connectivity index (χ1v) is 7.81. The van der Waals surface area contributed by atoms with Gasteiger partial charge in [0, 0.05) is 0 Å². The lowest BCUT2D eigenvalue weighted by atomic mass is 10.0. The minimum absolute atomic E-state index is 0.0532. The van der Waals surface area contributed by atoms with E-state index in [1.165, 1.54) is 0 Å². The Bertz CT molecular complexity index is 638. The van der Waals surface area contributed by atoms with Gasteiger partial charge >= 0.3 is 5.97 Å². The summed E-state index contributed by atoms with van der Waals surface area (Å²) in [6.45, 7) is 0.636. The van der Waals surface area contributed by atoms with Gasteiger partial charge in [0.15, 0.2) is 0 Å². The molecule has 2 heterocycles. The Morgan fingerprint density at radius 1 is 0.957 bits per heavy atom. The van der Waals surface area contributed by atoms with Crippen LogP contribution in [0.15, 0.2) is 60.7 Å². The topological polar surface area (TPSA) is 50.8 Å². The van der Waals surface area contributed by atoms with E-state index in [9.17, 15) is 4.79 Å². The van der Waals surface area contributed by atoms with Crippen LogP contribution in [0.2, 0.25) is 0 Å². The molecule has 5 heteroatoms. The van der Waals surface area contributed by atoms with Gasteiger partial charge in [-0.15, -0.1) is 0 Å². The third-order valence-corrected chi connectivity index (χ3v) is 4.29. The maximum absolute atomic E-state index is 12.2. The summed E-state index contributed by atoms with van der Waals surface area (Å²) in [6, 6.07) is 19.4. The van der Waals surface area contributed by atoms with Crippen LogP contribution in [-0.4, -0.2) is 24.9 Å². The molecule has 2 aromatic rings. The molecule has 118 valence electrons. The molecule has 0 radical (unpaired) electrons. The second-order valence-electron chi connectivity index (χ2n) is 5.74. The van der Waals surface area contributed by atoms with Gasteiger partial charge in [0.1, 0.15) is 6.04 Å². The Balaban J connectivity index is 1.65. The molecule has 1 N–H and O–H groups in total. The van der Waals surface area contributed by atoms with Crippen LogP contribution in [0.5, 0.6) is 0 Å². The molecule has 2 aromatic carbocycles. The minimum Gasteiger partial charge on any atom is -0.434 e. The van der Waals surface area contributed by atoms with Crippen LogP contribution in [0.4, 0.5) is 11.4 Å². The number of carbonyl (C=O) groups excluding carboxylic acids is 1. The van der Waals surface area contributed by atoms with E-state index in [2.05, 4.69) is 5.43 Å². The number of para-hydroxylation sites is 2. The molecular formula is C18H18N2O3. The van der Waals surface area contributed by atoms with E-state index in [0.29, 0.717) is 6.61 Å². The fourth-order valence-electron chi connectivity index (χ4n) is 3.13. The summed E-state index contributed by atoms with van der Waals surface area (Å²) in [4.78, 5) is 12.2. The van der Waals surface area contributed by atoms with E-state index in [-0.39, 0.29) is 11.9 Å². The number of benzene rings is 2. The average Bonchev–Trinajstić information content (AvgIpc) is 3.15. The minimum atomic E-state index is -0.409. The summed E-state index contributed by atoms with van der Waals surface area (Å²) in [5, 5.41) is 1.94. The van der Waals surface area contributed by atoms with Crippen molar-refractivity contribution in [2.75, 3.05) is 11.6 Å². The molecular weight excluding hydrogens is 292 g/mol. The highest BCUT2D eigenvalue weighted by molar-refractivity contribution is 5.79. The zero-order valence-electron chi connectivity index (χ0n) is 12.6. The first-order valence-electron chi connectivity index (χ1n) is 7.81. The number of nitrogens with one attached hydrogen (secondary N) is 1. The number of carbonyl (C=O) groups is 1. The molecule has 0 aliphatic carbocycles. The lowest BCUT2D eigenvalue weighted by Gasteiger charge is -2.29. The Morgan fingerprint density at radius 3 is 2.17 bits per heavy atom. The molecule has 0 aromatic heterocycles. The highest BCUT2D eigenvalue weighted by Crippen LogP contribution is 2.33. The SMILES string of the molecule is O=C1O[C@@H]2OCC[C@@H]2[C@@H]1NN(c1ccccc1)c1ccccc1. The lowest BCUT2D eigenvalue weighted by molar-refractivity contribution is -0.159. The van der Waals surface area contributed by atoms with Crippen molar-refractivity contribution in [3.63, 3.8) is 0 Å². The van der Waals surface area contributed by atoms with E-state index in [1.807, 2.05) is 65.7 Å². The zero-order valence-corrected chi connectivity index (χ0v) is 12.6. The fourth-order valence-corrected chi connectivity index (χ4v) is 3.13. The standard InChI is InChI=1S/C18H18N2O3/c21-17-16(15-11-12-22-18(15)23-17)19-20(13-7-3-1-4-8-13)14-9-5-2-6-10-14/h1-10,15-16,18-19H,11-12H2/t15-,16+,18+/m1/s1. The number of hydrazine groups is 1. The van der Waals surface area contributed by atoms with Crippen molar-refractivity contribution in [3.05, 3.63) is 60.7 Å². The maximum Gasteiger partial charge on any atom is 0.327 e. The summed E-state index contributed by atoms with van der Waals surface area (Å²) < 4.78 is 10.8. The van der Waals surface area contributed by atoms with Crippen LogP contribution < -0.4 is 10.4 Å². The van der Waals surface area contributed by atoms with Gasteiger partial charge in [-0.25, -0.2) is 5.43 Å². The molecule has 2 aliphatic heterocycles. The third-order valence-electron chi connectivity index (χ3n) is 4.29. The lowest BCUT2D eigenvalue weighted by Crippen LogP contribution is -2.47. The maximum atomic E-state index is 12.2. The average molecular weight is 310 g/mol. The quantitative estimate of drug-likeness (QED) is 0.695. The molecule has 5 nitrogen and oxygen atoms in total. The van der Waals surface area contributed by atoms with Crippen LogP contribution in [0.25, 0.3) is 0 Å². The normalized spacial score (nSPS) is 25.9. The number of hydrogen-bond acceptors (Lipinski definition) is 5. The second kappa shape index (κ2) is 6.02. The van der Waals surface area contributed by atoms with Gasteiger partial charge in [0.25, 0.3) is 0 Å². The van der Waals surface area contributed by atoms with Crippen molar-refractivity contribution in [1.82, 2.24) is 5.43 Å². The Labute approximate surface area is 134 Å². The van der Waals surface area contributed by atoms with Gasteiger partial charge in [-0.3, -0.25) is 9.80 Å². The summed E-state index contributed by atoms with van der Waals surface area (Å²) in [7, 11) is 0. The van der Waals surface area contributed by atoms with Gasteiger partial charge in [-0.2, -0.15) is 0 Å². The number of anilines is 2. The Kier molecular flexibility index (Phi) is 3.73. The van der Waals surface area contributed by atoms with Crippen molar-refractivity contribution in [3.8, 4) is 0 Å². The summed E-state index contributed by atoms with van der Waals surface area (Å²) in [6.07, 6.45) is 0.416. The molecule has 0 amide bonds. The first-order chi connectivity index (χ1) is 11.3. The number of nitrogens with zero attached hydrogens (tertiary/aromatic N) is 1. The smallest absolute Gasteiger partial charge is 0.327 e. The van der Waals surface area contributed by atoms with Gasteiger partial charge in [-0.1, -0.05) is 36.4 Å². The van der Waals surface area contributed by atoms with Gasteiger partial charge in [-0.05, 0) is 30.7 Å². The van der Waals surface area contributed by atoms with Crippen molar-refractivity contribution in [2.45, 2.75) is 18.8 Å². The van der Waals surface area contributed by atoms with Gasteiger partial charge < -0.3 is 9.47 Å². The third kappa shape index (κ3) is 2.69.